The van der Waals surface area contributed by atoms with Crippen molar-refractivity contribution in [2.45, 2.75) is 63.2 Å². The van der Waals surface area contributed by atoms with Crippen LogP contribution in [0.1, 0.15) is 41.9 Å². The Bertz CT molecular complexity index is 1610. The van der Waals surface area contributed by atoms with Gasteiger partial charge in [0.15, 0.2) is 17.8 Å². The highest BCUT2D eigenvalue weighted by molar-refractivity contribution is 6.30. The Labute approximate surface area is 242 Å². The van der Waals surface area contributed by atoms with Gasteiger partial charge in [-0.25, -0.2) is 19.1 Å². The fraction of sp³-hybridized carbons (Fsp3) is 0.370. The molecule has 2 aromatic carbocycles. The number of nitrogens with zero attached hydrogens (tertiary/aromatic N) is 6. The Hall–Kier alpha value is -4.01. The molecule has 2 heterocycles. The number of aromatic nitrogens is 6. The zero-order chi connectivity index (χ0) is 30.0. The largest absolute Gasteiger partial charge is 0.416 e. The summed E-state index contributed by atoms with van der Waals surface area (Å²) in [5.74, 6) is -0.302. The summed E-state index contributed by atoms with van der Waals surface area (Å²) < 4.78 is 42.4. The van der Waals surface area contributed by atoms with E-state index in [9.17, 15) is 33.0 Å². The molecule has 0 spiro atoms. The molecular weight excluding hydrogens is 579 g/mol. The quantitative estimate of drug-likeness (QED) is 0.281. The van der Waals surface area contributed by atoms with Gasteiger partial charge in [-0.1, -0.05) is 23.7 Å². The van der Waals surface area contributed by atoms with Crippen LogP contribution in [0.25, 0.3) is 17.1 Å². The van der Waals surface area contributed by atoms with Gasteiger partial charge in [-0.15, -0.1) is 10.2 Å². The van der Waals surface area contributed by atoms with E-state index in [1.807, 2.05) is 0 Å². The Morgan fingerprint density at radius 2 is 1.76 bits per heavy atom. The van der Waals surface area contributed by atoms with Gasteiger partial charge >= 0.3 is 11.9 Å². The van der Waals surface area contributed by atoms with Gasteiger partial charge < -0.3 is 15.5 Å². The zero-order valence-electron chi connectivity index (χ0n) is 22.1. The average molecular weight is 606 g/mol. The third kappa shape index (κ3) is 6.55. The molecule has 1 atom stereocenters. The molecule has 2 aromatic heterocycles. The second-order valence-electron chi connectivity index (χ2n) is 10.0. The number of hydrogen-bond donors (Lipinski definition) is 3. The normalized spacial score (nSPS) is 18.1. The summed E-state index contributed by atoms with van der Waals surface area (Å²) in [6.45, 7) is -1.36. The molecule has 0 aliphatic heterocycles. The van der Waals surface area contributed by atoms with Crippen LogP contribution < -0.4 is 11.0 Å². The van der Waals surface area contributed by atoms with Crippen LogP contribution in [0.3, 0.4) is 0 Å². The summed E-state index contributed by atoms with van der Waals surface area (Å²) in [7, 11) is 0. The number of para-hydroxylation sites is 1. The maximum absolute atomic E-state index is 13.2. The van der Waals surface area contributed by atoms with Crippen LogP contribution in [0.2, 0.25) is 5.02 Å². The SMILES string of the molecule is O=C(NC1CCC(O)CC1)c1ccccc1-n1cnc(Cn2nc(-c3ccc(Cl)cc3)n(CC(O)C(F)(F)F)c2=O)n1. The standard InChI is InChI=1S/C27H27ClF3N7O4/c28-17-7-5-16(6-8-17)24-35-37(26(42)36(24)13-22(40)27(29,30)31)14-23-32-15-38(34-23)21-4-2-1-3-20(21)25(41)33-18-9-11-19(39)12-10-18/h1-8,15,18-19,22,39-40H,9-14H2,(H,33,41). The van der Waals surface area contributed by atoms with Crippen molar-refractivity contribution < 1.29 is 28.2 Å². The van der Waals surface area contributed by atoms with E-state index in [0.717, 1.165) is 9.25 Å². The van der Waals surface area contributed by atoms with E-state index >= 15 is 0 Å². The highest BCUT2D eigenvalue weighted by Gasteiger charge is 2.39. The molecule has 42 heavy (non-hydrogen) atoms. The molecule has 222 valence electrons. The Kier molecular flexibility index (Phi) is 8.48. The predicted molar refractivity (Wildman–Crippen MR) is 145 cm³/mol. The van der Waals surface area contributed by atoms with Crippen molar-refractivity contribution in [2.24, 2.45) is 0 Å². The molecule has 0 bridgehead atoms. The van der Waals surface area contributed by atoms with Gasteiger partial charge in [-0.3, -0.25) is 9.36 Å². The number of halogens is 4. The summed E-state index contributed by atoms with van der Waals surface area (Å²) >= 11 is 5.93. The topological polar surface area (TPSA) is 140 Å². The molecule has 11 nitrogen and oxygen atoms in total. The van der Waals surface area contributed by atoms with Crippen molar-refractivity contribution >= 4 is 17.5 Å². The van der Waals surface area contributed by atoms with Gasteiger partial charge in [0.1, 0.15) is 12.9 Å². The fourth-order valence-corrected chi connectivity index (χ4v) is 4.89. The lowest BCUT2D eigenvalue weighted by Crippen LogP contribution is -2.38. The van der Waals surface area contributed by atoms with E-state index in [0.29, 0.717) is 47.5 Å². The van der Waals surface area contributed by atoms with Gasteiger partial charge in [0, 0.05) is 16.6 Å². The number of hydrogen-bond acceptors (Lipinski definition) is 7. The summed E-state index contributed by atoms with van der Waals surface area (Å²) in [6, 6.07) is 12.7. The number of benzene rings is 2. The average Bonchev–Trinajstić information content (AvgIpc) is 3.55. The van der Waals surface area contributed by atoms with Gasteiger partial charge in [-0.05, 0) is 62.1 Å². The minimum Gasteiger partial charge on any atom is -0.393 e. The second-order valence-corrected chi connectivity index (χ2v) is 10.5. The molecule has 1 aliphatic rings. The molecule has 4 aromatic rings. The van der Waals surface area contributed by atoms with Crippen molar-refractivity contribution in [3.05, 3.63) is 81.8 Å². The first kappa shape index (κ1) is 29.5. The van der Waals surface area contributed by atoms with E-state index < -0.39 is 24.5 Å². The monoisotopic (exact) mass is 605 g/mol. The number of carbonyl (C=O) groups excluding carboxylic acids is 1. The smallest absolute Gasteiger partial charge is 0.393 e. The summed E-state index contributed by atoms with van der Waals surface area (Å²) in [6.07, 6.45) is -4.17. The number of alkyl halides is 3. The van der Waals surface area contributed by atoms with Crippen LogP contribution in [-0.2, 0) is 13.1 Å². The van der Waals surface area contributed by atoms with Crippen molar-refractivity contribution in [1.29, 1.82) is 0 Å². The number of carbonyl (C=O) groups is 1. The third-order valence-corrected chi connectivity index (χ3v) is 7.27. The van der Waals surface area contributed by atoms with E-state index in [1.165, 1.54) is 35.3 Å². The summed E-state index contributed by atoms with van der Waals surface area (Å²) in [5, 5.41) is 31.4. The highest BCUT2D eigenvalue weighted by Crippen LogP contribution is 2.24. The van der Waals surface area contributed by atoms with E-state index in [-0.39, 0.29) is 36.2 Å². The number of rotatable bonds is 8. The van der Waals surface area contributed by atoms with Crippen molar-refractivity contribution in [3.8, 4) is 17.1 Å². The molecule has 0 radical (unpaired) electrons. The number of aliphatic hydroxyl groups excluding tert-OH is 2. The molecule has 3 N–H and O–H groups in total. The van der Waals surface area contributed by atoms with Crippen molar-refractivity contribution in [2.75, 3.05) is 0 Å². The van der Waals surface area contributed by atoms with Crippen LogP contribution >= 0.6 is 11.6 Å². The molecule has 1 saturated carbocycles. The minimum atomic E-state index is -4.95. The number of nitrogens with one attached hydrogen (secondary N) is 1. The molecule has 0 saturated heterocycles. The van der Waals surface area contributed by atoms with Crippen LogP contribution in [-0.4, -0.2) is 69.7 Å². The Morgan fingerprint density at radius 3 is 2.45 bits per heavy atom. The molecule has 1 unspecified atom stereocenters. The van der Waals surface area contributed by atoms with Crippen LogP contribution in [0.4, 0.5) is 13.2 Å². The molecular formula is C27H27ClF3N7O4. The van der Waals surface area contributed by atoms with Crippen molar-refractivity contribution in [1.82, 2.24) is 34.4 Å². The number of amides is 1. The number of aliphatic hydroxyl groups is 2. The van der Waals surface area contributed by atoms with E-state index in [4.69, 9.17) is 11.6 Å². The molecule has 1 fully saturated rings. The summed E-state index contributed by atoms with van der Waals surface area (Å²) in [5.41, 5.74) is 0.179. The molecule has 1 amide bonds. The molecule has 1 aliphatic carbocycles. The maximum atomic E-state index is 13.2. The van der Waals surface area contributed by atoms with Gasteiger partial charge in [0.05, 0.1) is 23.9 Å². The maximum Gasteiger partial charge on any atom is 0.416 e. The second kappa shape index (κ2) is 12.1. The van der Waals surface area contributed by atoms with Crippen LogP contribution in [0.5, 0.6) is 0 Å². The first-order valence-electron chi connectivity index (χ1n) is 13.2. The fourth-order valence-electron chi connectivity index (χ4n) is 4.77. The van der Waals surface area contributed by atoms with E-state index in [2.05, 4.69) is 20.5 Å². The lowest BCUT2D eigenvalue weighted by molar-refractivity contribution is -0.207. The van der Waals surface area contributed by atoms with Gasteiger partial charge in [0.2, 0.25) is 0 Å². The van der Waals surface area contributed by atoms with Crippen LogP contribution in [0.15, 0.2) is 59.7 Å². The van der Waals surface area contributed by atoms with Gasteiger partial charge in [0.25, 0.3) is 5.91 Å². The Morgan fingerprint density at radius 1 is 1.07 bits per heavy atom. The summed E-state index contributed by atoms with van der Waals surface area (Å²) in [4.78, 5) is 30.5. The minimum absolute atomic E-state index is 0.0621. The zero-order valence-corrected chi connectivity index (χ0v) is 22.8. The Balaban J connectivity index is 1.41. The lowest BCUT2D eigenvalue weighted by atomic mass is 9.93. The lowest BCUT2D eigenvalue weighted by Gasteiger charge is -2.26. The third-order valence-electron chi connectivity index (χ3n) is 7.02. The van der Waals surface area contributed by atoms with E-state index in [1.54, 1.807) is 24.3 Å². The highest BCUT2D eigenvalue weighted by atomic mass is 35.5. The first-order chi connectivity index (χ1) is 20.0. The van der Waals surface area contributed by atoms with Gasteiger partial charge in [-0.2, -0.15) is 13.2 Å². The van der Waals surface area contributed by atoms with Crippen molar-refractivity contribution in [3.63, 3.8) is 0 Å². The molecule has 15 heteroatoms. The predicted octanol–water partition coefficient (Wildman–Crippen LogP) is 2.95. The first-order valence-corrected chi connectivity index (χ1v) is 13.5. The van der Waals surface area contributed by atoms with Crippen LogP contribution in [0, 0.1) is 0 Å². The molecule has 5 rings (SSSR count).